The topological polar surface area (TPSA) is 64.9 Å². The smallest absolute Gasteiger partial charge is 0.320 e. The maximum atomic E-state index is 12.1. The number of carbonyl (C=O) groups excluding carboxylic acids is 1. The number of rotatable bonds is 3. The van der Waals surface area contributed by atoms with Crippen LogP contribution in [0.15, 0.2) is 30.3 Å². The first-order valence-corrected chi connectivity index (χ1v) is 8.73. The lowest BCUT2D eigenvalue weighted by Crippen LogP contribution is -2.28. The summed E-state index contributed by atoms with van der Waals surface area (Å²) < 4.78 is 0. The highest BCUT2D eigenvalue weighted by molar-refractivity contribution is 7.16. The maximum Gasteiger partial charge on any atom is 0.320 e. The Morgan fingerprint density at radius 2 is 1.96 bits per heavy atom. The minimum Gasteiger partial charge on any atom is -0.334 e. The maximum absolute atomic E-state index is 12.1. The van der Waals surface area contributed by atoms with Gasteiger partial charge in [0, 0.05) is 11.4 Å². The lowest BCUT2D eigenvalue weighted by Gasteiger charge is -2.07. The van der Waals surface area contributed by atoms with Crippen LogP contribution in [0.2, 0.25) is 0 Å². The van der Waals surface area contributed by atoms with E-state index in [1.54, 1.807) is 11.3 Å². The van der Waals surface area contributed by atoms with Crippen LogP contribution < -0.4 is 10.6 Å². The third kappa shape index (κ3) is 3.72. The van der Waals surface area contributed by atoms with Gasteiger partial charge in [0.25, 0.3) is 0 Å². The van der Waals surface area contributed by atoms with E-state index in [1.165, 1.54) is 11.3 Å². The van der Waals surface area contributed by atoms with E-state index in [-0.39, 0.29) is 6.03 Å². The van der Waals surface area contributed by atoms with Crippen LogP contribution in [0, 0.1) is 11.3 Å². The molecule has 0 unspecified atom stereocenters. The highest BCUT2D eigenvalue weighted by Crippen LogP contribution is 2.36. The molecule has 1 aliphatic rings. The van der Waals surface area contributed by atoms with Crippen LogP contribution in [0.5, 0.6) is 0 Å². The molecule has 1 heterocycles. The molecule has 0 saturated heterocycles. The van der Waals surface area contributed by atoms with Crippen molar-refractivity contribution in [1.29, 1.82) is 5.26 Å². The molecule has 2 aromatic rings. The number of fused-ring (bicyclic) bond motifs is 1. The molecule has 2 amide bonds. The SMILES string of the molecule is N#Cc1c(NC(=O)NCc2ccccc2)sc2c1CCCCC2. The van der Waals surface area contributed by atoms with Crippen LogP contribution >= 0.6 is 11.3 Å². The predicted molar refractivity (Wildman–Crippen MR) is 92.6 cm³/mol. The van der Waals surface area contributed by atoms with E-state index in [9.17, 15) is 10.1 Å². The van der Waals surface area contributed by atoms with Crippen molar-refractivity contribution in [3.05, 3.63) is 51.9 Å². The predicted octanol–water partition coefficient (Wildman–Crippen LogP) is 4.21. The summed E-state index contributed by atoms with van der Waals surface area (Å²) in [4.78, 5) is 13.4. The molecule has 118 valence electrons. The largest absolute Gasteiger partial charge is 0.334 e. The molecule has 0 fully saturated rings. The summed E-state index contributed by atoms with van der Waals surface area (Å²) in [7, 11) is 0. The lowest BCUT2D eigenvalue weighted by atomic mass is 10.1. The molecule has 0 atom stereocenters. The molecule has 4 nitrogen and oxygen atoms in total. The van der Waals surface area contributed by atoms with E-state index in [4.69, 9.17) is 0 Å². The number of nitriles is 1. The second-order valence-electron chi connectivity index (χ2n) is 5.67. The van der Waals surface area contributed by atoms with Crippen molar-refractivity contribution in [2.75, 3.05) is 5.32 Å². The van der Waals surface area contributed by atoms with Gasteiger partial charge >= 0.3 is 6.03 Å². The molecule has 0 radical (unpaired) electrons. The Bertz CT molecular complexity index is 731. The Labute approximate surface area is 140 Å². The molecule has 0 aliphatic heterocycles. The van der Waals surface area contributed by atoms with E-state index >= 15 is 0 Å². The molecule has 5 heteroatoms. The van der Waals surface area contributed by atoms with Gasteiger partial charge in [0.2, 0.25) is 0 Å². The summed E-state index contributed by atoms with van der Waals surface area (Å²) in [6.07, 6.45) is 5.46. The highest BCUT2D eigenvalue weighted by Gasteiger charge is 2.20. The Kier molecular flexibility index (Phi) is 4.94. The zero-order chi connectivity index (χ0) is 16.1. The molecule has 0 spiro atoms. The molecule has 1 aromatic carbocycles. The number of hydrogen-bond acceptors (Lipinski definition) is 3. The van der Waals surface area contributed by atoms with E-state index in [1.807, 2.05) is 30.3 Å². The van der Waals surface area contributed by atoms with Crippen LogP contribution in [0.3, 0.4) is 0 Å². The zero-order valence-corrected chi connectivity index (χ0v) is 13.7. The minimum absolute atomic E-state index is 0.262. The van der Waals surface area contributed by atoms with Gasteiger partial charge in [-0.15, -0.1) is 11.3 Å². The van der Waals surface area contributed by atoms with Crippen molar-refractivity contribution in [3.63, 3.8) is 0 Å². The Morgan fingerprint density at radius 1 is 1.17 bits per heavy atom. The van der Waals surface area contributed by atoms with Crippen LogP contribution in [0.1, 0.15) is 40.8 Å². The van der Waals surface area contributed by atoms with Crippen molar-refractivity contribution in [1.82, 2.24) is 5.32 Å². The van der Waals surface area contributed by atoms with Gasteiger partial charge in [0.1, 0.15) is 11.1 Å². The van der Waals surface area contributed by atoms with Crippen molar-refractivity contribution in [3.8, 4) is 6.07 Å². The fraction of sp³-hybridized carbons (Fsp3) is 0.333. The fourth-order valence-corrected chi connectivity index (χ4v) is 4.11. The number of hydrogen-bond donors (Lipinski definition) is 2. The number of amides is 2. The van der Waals surface area contributed by atoms with Gasteiger partial charge in [0.05, 0.1) is 5.56 Å². The number of benzene rings is 1. The van der Waals surface area contributed by atoms with E-state index < -0.39 is 0 Å². The van der Waals surface area contributed by atoms with Crippen molar-refractivity contribution in [2.24, 2.45) is 0 Å². The number of thiophene rings is 1. The summed E-state index contributed by atoms with van der Waals surface area (Å²) in [5, 5.41) is 15.8. The van der Waals surface area contributed by atoms with Gasteiger partial charge in [-0.3, -0.25) is 5.32 Å². The van der Waals surface area contributed by atoms with E-state index in [0.717, 1.165) is 36.8 Å². The number of nitrogens with zero attached hydrogens (tertiary/aromatic N) is 1. The van der Waals surface area contributed by atoms with Gasteiger partial charge in [-0.1, -0.05) is 36.8 Å². The first-order chi connectivity index (χ1) is 11.3. The minimum atomic E-state index is -0.262. The molecule has 0 saturated carbocycles. The molecular weight excluding hydrogens is 306 g/mol. The summed E-state index contributed by atoms with van der Waals surface area (Å²) in [5.41, 5.74) is 2.85. The molecule has 0 bridgehead atoms. The summed E-state index contributed by atoms with van der Waals surface area (Å²) >= 11 is 1.56. The summed E-state index contributed by atoms with van der Waals surface area (Å²) in [6, 6.07) is 11.8. The molecule has 3 rings (SSSR count). The van der Waals surface area contributed by atoms with Gasteiger partial charge in [-0.25, -0.2) is 4.79 Å². The van der Waals surface area contributed by atoms with Gasteiger partial charge in [0.15, 0.2) is 0 Å². The molecule has 23 heavy (non-hydrogen) atoms. The van der Waals surface area contributed by atoms with Crippen LogP contribution in [0.25, 0.3) is 0 Å². The molecule has 2 N–H and O–H groups in total. The van der Waals surface area contributed by atoms with Crippen LogP contribution in [-0.4, -0.2) is 6.03 Å². The van der Waals surface area contributed by atoms with Crippen molar-refractivity contribution < 1.29 is 4.79 Å². The Morgan fingerprint density at radius 3 is 2.74 bits per heavy atom. The average molecular weight is 325 g/mol. The van der Waals surface area contributed by atoms with Crippen molar-refractivity contribution in [2.45, 2.75) is 38.6 Å². The van der Waals surface area contributed by atoms with Crippen molar-refractivity contribution >= 4 is 22.4 Å². The number of carbonyl (C=O) groups is 1. The molecule has 1 aliphatic carbocycles. The van der Waals surface area contributed by atoms with Gasteiger partial charge in [-0.05, 0) is 36.8 Å². The lowest BCUT2D eigenvalue weighted by molar-refractivity contribution is 0.252. The first kappa shape index (κ1) is 15.6. The normalized spacial score (nSPS) is 13.5. The number of nitrogens with one attached hydrogen (secondary N) is 2. The Balaban J connectivity index is 1.68. The second kappa shape index (κ2) is 7.30. The standard InChI is InChI=1S/C18H19N3OS/c19-11-15-14-9-5-2-6-10-16(14)23-17(15)21-18(22)20-12-13-7-3-1-4-8-13/h1,3-4,7-8H,2,5-6,9-10,12H2,(H2,20,21,22). The van der Waals surface area contributed by atoms with Crippen LogP contribution in [-0.2, 0) is 19.4 Å². The summed E-state index contributed by atoms with van der Waals surface area (Å²) in [5.74, 6) is 0. The third-order valence-corrected chi connectivity index (χ3v) is 5.26. The Hall–Kier alpha value is -2.32. The monoisotopic (exact) mass is 325 g/mol. The highest BCUT2D eigenvalue weighted by atomic mass is 32.1. The number of anilines is 1. The number of urea groups is 1. The summed E-state index contributed by atoms with van der Waals surface area (Å²) in [6.45, 7) is 0.472. The van der Waals surface area contributed by atoms with Gasteiger partial charge < -0.3 is 5.32 Å². The first-order valence-electron chi connectivity index (χ1n) is 7.91. The zero-order valence-electron chi connectivity index (χ0n) is 12.9. The number of aryl methyl sites for hydroxylation is 1. The fourth-order valence-electron chi connectivity index (χ4n) is 2.87. The van der Waals surface area contributed by atoms with E-state index in [0.29, 0.717) is 17.1 Å². The molecule has 1 aromatic heterocycles. The third-order valence-electron chi connectivity index (χ3n) is 4.06. The van der Waals surface area contributed by atoms with Crippen LogP contribution in [0.4, 0.5) is 9.80 Å². The second-order valence-corrected chi connectivity index (χ2v) is 6.78. The average Bonchev–Trinajstić information content (AvgIpc) is 2.74. The quantitative estimate of drug-likeness (QED) is 0.830. The van der Waals surface area contributed by atoms with Gasteiger partial charge in [-0.2, -0.15) is 5.26 Å². The molecular formula is C18H19N3OS. The van der Waals surface area contributed by atoms with E-state index in [2.05, 4.69) is 16.7 Å².